The Labute approximate surface area is 124 Å². The van der Waals surface area contributed by atoms with E-state index in [0.29, 0.717) is 23.5 Å². The highest BCUT2D eigenvalue weighted by atomic mass is 35.7. The zero-order chi connectivity index (χ0) is 14.5. The number of rotatable bonds is 7. The van der Waals surface area contributed by atoms with Crippen LogP contribution in [0.2, 0.25) is 0 Å². The highest BCUT2D eigenvalue weighted by molar-refractivity contribution is 8.13. The SMILES string of the molecule is CCSCCCOc1cc(C)c(S(=O)(=O)Cl)c(C)c1. The molecule has 6 heteroatoms. The summed E-state index contributed by atoms with van der Waals surface area (Å²) in [6.45, 7) is 6.21. The monoisotopic (exact) mass is 322 g/mol. The first-order chi connectivity index (χ1) is 8.86. The summed E-state index contributed by atoms with van der Waals surface area (Å²) >= 11 is 1.88. The van der Waals surface area contributed by atoms with Gasteiger partial charge in [0.15, 0.2) is 0 Å². The fraction of sp³-hybridized carbons (Fsp3) is 0.538. The molecule has 0 saturated heterocycles. The summed E-state index contributed by atoms with van der Waals surface area (Å²) in [5.74, 6) is 2.88. The largest absolute Gasteiger partial charge is 0.494 e. The molecule has 1 aromatic rings. The minimum atomic E-state index is -3.70. The summed E-state index contributed by atoms with van der Waals surface area (Å²) in [6.07, 6.45) is 0.978. The normalized spacial score (nSPS) is 11.6. The van der Waals surface area contributed by atoms with Crippen molar-refractivity contribution in [3.05, 3.63) is 23.3 Å². The number of aryl methyl sites for hydroxylation is 2. The van der Waals surface area contributed by atoms with Gasteiger partial charge in [-0.3, -0.25) is 0 Å². The van der Waals surface area contributed by atoms with E-state index >= 15 is 0 Å². The summed E-state index contributed by atoms with van der Waals surface area (Å²) in [5, 5.41) is 0. The minimum Gasteiger partial charge on any atom is -0.494 e. The maximum atomic E-state index is 11.4. The average Bonchev–Trinajstić information content (AvgIpc) is 2.25. The maximum Gasteiger partial charge on any atom is 0.261 e. The lowest BCUT2D eigenvalue weighted by Crippen LogP contribution is -2.03. The van der Waals surface area contributed by atoms with Crippen molar-refractivity contribution in [1.82, 2.24) is 0 Å². The molecule has 19 heavy (non-hydrogen) atoms. The van der Waals surface area contributed by atoms with E-state index in [-0.39, 0.29) is 4.90 Å². The lowest BCUT2D eigenvalue weighted by atomic mass is 10.1. The summed E-state index contributed by atoms with van der Waals surface area (Å²) in [5.41, 5.74) is 1.24. The molecule has 0 aliphatic rings. The zero-order valence-electron chi connectivity index (χ0n) is 11.4. The predicted molar refractivity (Wildman–Crippen MR) is 82.1 cm³/mol. The van der Waals surface area contributed by atoms with Gasteiger partial charge >= 0.3 is 0 Å². The van der Waals surface area contributed by atoms with Crippen LogP contribution in [0, 0.1) is 13.8 Å². The molecule has 1 rings (SSSR count). The number of thioether (sulfide) groups is 1. The van der Waals surface area contributed by atoms with Crippen molar-refractivity contribution in [2.45, 2.75) is 32.1 Å². The van der Waals surface area contributed by atoms with Crippen LogP contribution in [0.5, 0.6) is 5.75 Å². The Kier molecular flexibility index (Phi) is 6.50. The Morgan fingerprint density at radius 3 is 2.32 bits per heavy atom. The summed E-state index contributed by atoms with van der Waals surface area (Å²) in [6, 6.07) is 3.43. The Hall–Kier alpha value is -0.390. The van der Waals surface area contributed by atoms with Gasteiger partial charge in [-0.15, -0.1) is 0 Å². The Bertz CT molecular complexity index is 504. The molecule has 0 saturated carbocycles. The lowest BCUT2D eigenvalue weighted by Gasteiger charge is -2.11. The van der Waals surface area contributed by atoms with E-state index in [4.69, 9.17) is 15.4 Å². The summed E-state index contributed by atoms with van der Waals surface area (Å²) < 4.78 is 28.5. The van der Waals surface area contributed by atoms with Crippen LogP contribution in [0.25, 0.3) is 0 Å². The average molecular weight is 323 g/mol. The van der Waals surface area contributed by atoms with Gasteiger partial charge in [-0.1, -0.05) is 6.92 Å². The van der Waals surface area contributed by atoms with Gasteiger partial charge < -0.3 is 4.74 Å². The van der Waals surface area contributed by atoms with Gasteiger partial charge in [0.2, 0.25) is 0 Å². The van der Waals surface area contributed by atoms with E-state index in [1.54, 1.807) is 26.0 Å². The molecule has 0 fully saturated rings. The van der Waals surface area contributed by atoms with Crippen LogP contribution in [0.4, 0.5) is 0 Å². The Morgan fingerprint density at radius 2 is 1.84 bits per heavy atom. The molecule has 0 N–H and O–H groups in total. The van der Waals surface area contributed by atoms with Crippen molar-refractivity contribution in [2.24, 2.45) is 0 Å². The summed E-state index contributed by atoms with van der Waals surface area (Å²) in [4.78, 5) is 0.183. The van der Waals surface area contributed by atoms with Crippen LogP contribution < -0.4 is 4.74 Å². The van der Waals surface area contributed by atoms with Crippen LogP contribution in [-0.2, 0) is 9.05 Å². The molecule has 0 amide bonds. The Morgan fingerprint density at radius 1 is 1.26 bits per heavy atom. The van der Waals surface area contributed by atoms with E-state index < -0.39 is 9.05 Å². The molecule has 0 atom stereocenters. The first kappa shape index (κ1) is 16.7. The van der Waals surface area contributed by atoms with Crippen LogP contribution >= 0.6 is 22.4 Å². The molecule has 0 spiro atoms. The molecule has 0 radical (unpaired) electrons. The smallest absolute Gasteiger partial charge is 0.261 e. The molecule has 0 heterocycles. The van der Waals surface area contributed by atoms with Gasteiger partial charge in [-0.05, 0) is 55.0 Å². The number of halogens is 1. The van der Waals surface area contributed by atoms with Crippen molar-refractivity contribution in [3.8, 4) is 5.75 Å². The third-order valence-electron chi connectivity index (χ3n) is 2.58. The first-order valence-electron chi connectivity index (χ1n) is 6.12. The van der Waals surface area contributed by atoms with Gasteiger partial charge in [0.25, 0.3) is 9.05 Å². The molecule has 0 aliphatic carbocycles. The predicted octanol–water partition coefficient (Wildman–Crippen LogP) is 3.75. The van der Waals surface area contributed by atoms with E-state index in [1.165, 1.54) is 0 Å². The van der Waals surface area contributed by atoms with Crippen molar-refractivity contribution in [2.75, 3.05) is 18.1 Å². The Balaban J connectivity index is 2.74. The van der Waals surface area contributed by atoms with Gasteiger partial charge in [-0.25, -0.2) is 8.42 Å². The van der Waals surface area contributed by atoms with E-state index in [2.05, 4.69) is 6.92 Å². The van der Waals surface area contributed by atoms with Crippen molar-refractivity contribution in [1.29, 1.82) is 0 Å². The maximum absolute atomic E-state index is 11.4. The van der Waals surface area contributed by atoms with Crippen molar-refractivity contribution >= 4 is 31.5 Å². The topological polar surface area (TPSA) is 43.4 Å². The lowest BCUT2D eigenvalue weighted by molar-refractivity contribution is 0.318. The number of hydrogen-bond acceptors (Lipinski definition) is 4. The second-order valence-electron chi connectivity index (χ2n) is 4.22. The van der Waals surface area contributed by atoms with Gasteiger partial charge in [0.1, 0.15) is 5.75 Å². The molecular formula is C13H19ClO3S2. The molecule has 3 nitrogen and oxygen atoms in total. The van der Waals surface area contributed by atoms with Crippen LogP contribution in [0.15, 0.2) is 17.0 Å². The number of benzene rings is 1. The fourth-order valence-electron chi connectivity index (χ4n) is 1.87. The van der Waals surface area contributed by atoms with Gasteiger partial charge in [0.05, 0.1) is 11.5 Å². The first-order valence-corrected chi connectivity index (χ1v) is 9.59. The van der Waals surface area contributed by atoms with E-state index in [1.807, 2.05) is 11.8 Å². The highest BCUT2D eigenvalue weighted by Crippen LogP contribution is 2.28. The van der Waals surface area contributed by atoms with Crippen molar-refractivity contribution in [3.63, 3.8) is 0 Å². The van der Waals surface area contributed by atoms with Crippen LogP contribution in [0.3, 0.4) is 0 Å². The third kappa shape index (κ3) is 5.24. The molecule has 0 aliphatic heterocycles. The van der Waals surface area contributed by atoms with Gasteiger partial charge in [-0.2, -0.15) is 11.8 Å². The molecule has 1 aromatic carbocycles. The second kappa shape index (κ2) is 7.41. The minimum absolute atomic E-state index is 0.183. The van der Waals surface area contributed by atoms with Crippen LogP contribution in [0.1, 0.15) is 24.5 Å². The number of ether oxygens (including phenoxy) is 1. The van der Waals surface area contributed by atoms with E-state index in [9.17, 15) is 8.42 Å². The molecule has 108 valence electrons. The zero-order valence-corrected chi connectivity index (χ0v) is 13.8. The third-order valence-corrected chi connectivity index (χ3v) is 5.16. The molecular weight excluding hydrogens is 304 g/mol. The van der Waals surface area contributed by atoms with Gasteiger partial charge in [0, 0.05) is 10.7 Å². The summed E-state index contributed by atoms with van der Waals surface area (Å²) in [7, 11) is 1.71. The van der Waals surface area contributed by atoms with Crippen LogP contribution in [-0.4, -0.2) is 26.5 Å². The number of hydrogen-bond donors (Lipinski definition) is 0. The fourth-order valence-corrected chi connectivity index (χ4v) is 4.10. The quantitative estimate of drug-likeness (QED) is 0.566. The highest BCUT2D eigenvalue weighted by Gasteiger charge is 2.17. The van der Waals surface area contributed by atoms with Crippen molar-refractivity contribution < 1.29 is 13.2 Å². The molecule has 0 bridgehead atoms. The second-order valence-corrected chi connectivity index (χ2v) is 8.12. The molecule has 0 aromatic heterocycles. The molecule has 0 unspecified atom stereocenters. The standard InChI is InChI=1S/C13H19ClO3S2/c1-4-18-7-5-6-17-12-8-10(2)13(11(3)9-12)19(14,15)16/h8-9H,4-7H2,1-3H3. The van der Waals surface area contributed by atoms with E-state index in [0.717, 1.165) is 17.9 Å².